The molecule has 1 aromatic heterocycles. The van der Waals surface area contributed by atoms with Crippen LogP contribution in [0.5, 0.6) is 0 Å². The zero-order valence-electron chi connectivity index (χ0n) is 9.12. The van der Waals surface area contributed by atoms with Gasteiger partial charge in [-0.3, -0.25) is 0 Å². The summed E-state index contributed by atoms with van der Waals surface area (Å²) < 4.78 is 38.3. The molecule has 0 aliphatic carbocycles. The average molecular weight is 237 g/mol. The van der Waals surface area contributed by atoms with Crippen molar-refractivity contribution in [2.45, 2.75) is 13.1 Å². The molecule has 2 rings (SSSR count). The van der Waals surface area contributed by atoms with E-state index in [1.165, 1.54) is 6.07 Å². The molecule has 0 fully saturated rings. The zero-order chi connectivity index (χ0) is 12.5. The van der Waals surface area contributed by atoms with Crippen LogP contribution in [0.2, 0.25) is 0 Å². The molecule has 0 bridgehead atoms. The van der Waals surface area contributed by atoms with E-state index in [-0.39, 0.29) is 5.52 Å². The van der Waals surface area contributed by atoms with Crippen molar-refractivity contribution >= 4 is 17.0 Å². The summed E-state index contributed by atoms with van der Waals surface area (Å²) in [4.78, 5) is 4.02. The first-order chi connectivity index (χ1) is 8.02. The van der Waals surface area contributed by atoms with E-state index in [2.05, 4.69) is 4.98 Å². The summed E-state index contributed by atoms with van der Waals surface area (Å²) in [5.41, 5.74) is -0.173. The molecule has 0 radical (unpaired) electrons. The van der Waals surface area contributed by atoms with E-state index >= 15 is 0 Å². The number of benzene rings is 1. The molecule has 1 heterocycles. The van der Waals surface area contributed by atoms with E-state index in [1.807, 2.05) is 0 Å². The molecule has 0 unspecified atom stereocenters. The van der Waals surface area contributed by atoms with Gasteiger partial charge in [-0.25, -0.2) is 4.98 Å². The van der Waals surface area contributed by atoms with Crippen LogP contribution in [0.4, 0.5) is 13.2 Å². The van der Waals surface area contributed by atoms with Gasteiger partial charge in [0.25, 0.3) is 0 Å². The van der Waals surface area contributed by atoms with E-state index < -0.39 is 11.7 Å². The first-order valence-corrected chi connectivity index (χ1v) is 5.12. The lowest BCUT2D eigenvalue weighted by Crippen LogP contribution is -2.06. The number of hydrogen-bond acceptors (Lipinski definition) is 1. The molecule has 0 aliphatic heterocycles. The Labute approximate surface area is 96.6 Å². The second-order valence-corrected chi connectivity index (χ2v) is 3.61. The lowest BCUT2D eigenvalue weighted by Gasteiger charge is -2.09. The number of pyridine rings is 1. The Hall–Kier alpha value is -1.84. The van der Waals surface area contributed by atoms with Crippen LogP contribution < -0.4 is 0 Å². The molecule has 0 atom stereocenters. The van der Waals surface area contributed by atoms with E-state index in [4.69, 9.17) is 0 Å². The highest BCUT2D eigenvalue weighted by Gasteiger charge is 2.32. The second kappa shape index (κ2) is 4.20. The van der Waals surface area contributed by atoms with Crippen molar-refractivity contribution in [3.63, 3.8) is 0 Å². The largest absolute Gasteiger partial charge is 0.418 e. The number of para-hydroxylation sites is 1. The third-order valence-corrected chi connectivity index (χ3v) is 2.38. The van der Waals surface area contributed by atoms with Crippen LogP contribution in [0, 0.1) is 0 Å². The van der Waals surface area contributed by atoms with E-state index in [9.17, 15) is 13.2 Å². The van der Waals surface area contributed by atoms with Gasteiger partial charge in [-0.2, -0.15) is 13.2 Å². The van der Waals surface area contributed by atoms with Crippen LogP contribution >= 0.6 is 0 Å². The predicted octanol–water partition coefficient (Wildman–Crippen LogP) is 4.29. The maximum atomic E-state index is 12.8. The van der Waals surface area contributed by atoms with Gasteiger partial charge in [-0.15, -0.1) is 0 Å². The second-order valence-electron chi connectivity index (χ2n) is 3.61. The summed E-state index contributed by atoms with van der Waals surface area (Å²) >= 11 is 0. The fourth-order valence-electron chi connectivity index (χ4n) is 1.65. The number of aromatic nitrogens is 1. The first kappa shape index (κ1) is 11.6. The minimum Gasteiger partial charge on any atom is -0.248 e. The summed E-state index contributed by atoms with van der Waals surface area (Å²) in [7, 11) is 0. The number of hydrogen-bond donors (Lipinski definition) is 0. The number of alkyl halides is 3. The first-order valence-electron chi connectivity index (χ1n) is 5.12. The van der Waals surface area contributed by atoms with Crippen molar-refractivity contribution in [2.75, 3.05) is 0 Å². The average Bonchev–Trinajstić information content (AvgIpc) is 2.27. The van der Waals surface area contributed by atoms with Gasteiger partial charge < -0.3 is 0 Å². The van der Waals surface area contributed by atoms with Crippen LogP contribution in [0.25, 0.3) is 17.0 Å². The van der Waals surface area contributed by atoms with Crippen molar-refractivity contribution in [3.05, 3.63) is 47.7 Å². The van der Waals surface area contributed by atoms with Gasteiger partial charge in [0.1, 0.15) is 0 Å². The maximum absolute atomic E-state index is 12.8. The highest BCUT2D eigenvalue weighted by molar-refractivity contribution is 5.83. The molecule has 0 amide bonds. The molecule has 0 N–H and O–H groups in total. The Balaban J connectivity index is 2.72. The Morgan fingerprint density at radius 1 is 1.12 bits per heavy atom. The van der Waals surface area contributed by atoms with Gasteiger partial charge in [0.05, 0.1) is 16.8 Å². The number of rotatable bonds is 1. The third-order valence-electron chi connectivity index (χ3n) is 2.38. The Morgan fingerprint density at radius 2 is 1.88 bits per heavy atom. The summed E-state index contributed by atoms with van der Waals surface area (Å²) in [5.74, 6) is 0. The molecule has 2 aromatic rings. The molecule has 88 valence electrons. The molecular weight excluding hydrogens is 227 g/mol. The van der Waals surface area contributed by atoms with Gasteiger partial charge in [0, 0.05) is 5.39 Å². The third kappa shape index (κ3) is 2.30. The van der Waals surface area contributed by atoms with Crippen LogP contribution in [-0.4, -0.2) is 4.98 Å². The molecule has 17 heavy (non-hydrogen) atoms. The minimum atomic E-state index is -4.37. The number of allylic oxidation sites excluding steroid dienone is 1. The molecular formula is C13H10F3N. The summed E-state index contributed by atoms with van der Waals surface area (Å²) in [6.45, 7) is 1.79. The van der Waals surface area contributed by atoms with E-state index in [0.717, 1.165) is 6.07 Å². The van der Waals surface area contributed by atoms with Crippen molar-refractivity contribution < 1.29 is 13.2 Å². The van der Waals surface area contributed by atoms with Crippen LogP contribution in [0.15, 0.2) is 36.4 Å². The topological polar surface area (TPSA) is 12.9 Å². The fraction of sp³-hybridized carbons (Fsp3) is 0.154. The zero-order valence-corrected chi connectivity index (χ0v) is 9.12. The van der Waals surface area contributed by atoms with Crippen LogP contribution in [0.1, 0.15) is 18.2 Å². The Kier molecular flexibility index (Phi) is 2.88. The SMILES string of the molecule is C/C=C/c1ccc2cccc(C(F)(F)F)c2n1. The van der Waals surface area contributed by atoms with Gasteiger partial charge in [0.15, 0.2) is 0 Å². The molecule has 0 saturated heterocycles. The van der Waals surface area contributed by atoms with Crippen LogP contribution in [0.3, 0.4) is 0 Å². The smallest absolute Gasteiger partial charge is 0.248 e. The lowest BCUT2D eigenvalue weighted by atomic mass is 10.1. The molecule has 0 aliphatic rings. The molecule has 0 saturated carbocycles. The molecule has 1 nitrogen and oxygen atoms in total. The van der Waals surface area contributed by atoms with Gasteiger partial charge in [0.2, 0.25) is 0 Å². The monoisotopic (exact) mass is 237 g/mol. The highest BCUT2D eigenvalue weighted by atomic mass is 19.4. The van der Waals surface area contributed by atoms with E-state index in [0.29, 0.717) is 11.1 Å². The molecule has 0 spiro atoms. The molecule has 1 aromatic carbocycles. The standard InChI is InChI=1S/C13H10F3N/c1-2-4-10-8-7-9-5-3-6-11(12(9)17-10)13(14,15)16/h2-8H,1H3/b4-2+. The maximum Gasteiger partial charge on any atom is 0.418 e. The van der Waals surface area contributed by atoms with Crippen molar-refractivity contribution in [1.29, 1.82) is 0 Å². The predicted molar refractivity (Wildman–Crippen MR) is 61.5 cm³/mol. The Bertz CT molecular complexity index is 570. The van der Waals surface area contributed by atoms with Gasteiger partial charge in [-0.05, 0) is 25.1 Å². The molecule has 4 heteroatoms. The quantitative estimate of drug-likeness (QED) is 0.721. The van der Waals surface area contributed by atoms with Gasteiger partial charge >= 0.3 is 6.18 Å². The highest BCUT2D eigenvalue weighted by Crippen LogP contribution is 2.33. The summed E-state index contributed by atoms with van der Waals surface area (Å²) in [6, 6.07) is 7.41. The minimum absolute atomic E-state index is 0.00407. The van der Waals surface area contributed by atoms with Crippen LogP contribution in [-0.2, 0) is 6.18 Å². The Morgan fingerprint density at radius 3 is 2.53 bits per heavy atom. The summed E-state index contributed by atoms with van der Waals surface area (Å²) in [5, 5.41) is 0.494. The van der Waals surface area contributed by atoms with Gasteiger partial charge in [-0.1, -0.05) is 24.3 Å². The normalized spacial score (nSPS) is 12.5. The fourth-order valence-corrected chi connectivity index (χ4v) is 1.65. The lowest BCUT2D eigenvalue weighted by molar-refractivity contribution is -0.136. The number of fused-ring (bicyclic) bond motifs is 1. The number of halogens is 3. The van der Waals surface area contributed by atoms with Crippen molar-refractivity contribution in [3.8, 4) is 0 Å². The van der Waals surface area contributed by atoms with Crippen molar-refractivity contribution in [1.82, 2.24) is 4.98 Å². The summed E-state index contributed by atoms with van der Waals surface area (Å²) in [6.07, 6.45) is -0.960. The number of nitrogens with zero attached hydrogens (tertiary/aromatic N) is 1. The van der Waals surface area contributed by atoms with E-state index in [1.54, 1.807) is 37.3 Å². The van der Waals surface area contributed by atoms with Crippen molar-refractivity contribution in [2.24, 2.45) is 0 Å².